The smallest absolute Gasteiger partial charge is 0.252 e. The van der Waals surface area contributed by atoms with Crippen LogP contribution in [0.15, 0.2) is 18.2 Å². The highest BCUT2D eigenvalue weighted by Crippen LogP contribution is 2.27. The minimum atomic E-state index is -1.12. The summed E-state index contributed by atoms with van der Waals surface area (Å²) in [7, 11) is 0. The number of rotatable bonds is 6. The van der Waals surface area contributed by atoms with Gasteiger partial charge in [-0.25, -0.2) is 0 Å². The molecule has 0 bridgehead atoms. The van der Waals surface area contributed by atoms with Crippen LogP contribution in [-0.4, -0.2) is 30.1 Å². The first-order valence-corrected chi connectivity index (χ1v) is 5.54. The zero-order chi connectivity index (χ0) is 13.5. The van der Waals surface area contributed by atoms with Crippen molar-refractivity contribution < 1.29 is 19.4 Å². The molecule has 0 aromatic heterocycles. The third-order valence-electron chi connectivity index (χ3n) is 2.15. The summed E-state index contributed by atoms with van der Waals surface area (Å²) >= 11 is 0. The van der Waals surface area contributed by atoms with Crippen molar-refractivity contribution in [3.05, 3.63) is 18.2 Å². The Hall–Kier alpha value is -2.08. The van der Waals surface area contributed by atoms with E-state index in [-0.39, 0.29) is 0 Å². The zero-order valence-electron chi connectivity index (χ0n) is 10.3. The molecule has 0 aliphatic heterocycles. The van der Waals surface area contributed by atoms with E-state index in [1.54, 1.807) is 18.2 Å². The van der Waals surface area contributed by atoms with Crippen molar-refractivity contribution in [2.45, 2.75) is 20.0 Å². The predicted octanol–water partition coefficient (Wildman–Crippen LogP) is 0.973. The number of aliphatic hydroxyl groups excluding tert-OH is 1. The fourth-order valence-corrected chi connectivity index (χ4v) is 1.31. The summed E-state index contributed by atoms with van der Waals surface area (Å²) in [4.78, 5) is 21.9. The molecule has 0 aliphatic rings. The standard InChI is InChI=1S/C12H16N2O4/c1-3-18-9-4-5-10(11(6-9)13-7-15)14-12(17)8(2)16/h4-8,16H,3H2,1-2H3,(H,13,15)(H,14,17). The van der Waals surface area contributed by atoms with Crippen molar-refractivity contribution in [2.75, 3.05) is 17.2 Å². The Bertz CT molecular complexity index is 432. The van der Waals surface area contributed by atoms with E-state index >= 15 is 0 Å². The number of carbonyl (C=O) groups is 2. The van der Waals surface area contributed by atoms with Gasteiger partial charge in [0.05, 0.1) is 18.0 Å². The van der Waals surface area contributed by atoms with E-state index in [0.717, 1.165) is 0 Å². The Morgan fingerprint density at radius 2 is 2.22 bits per heavy atom. The summed E-state index contributed by atoms with van der Waals surface area (Å²) < 4.78 is 5.28. The van der Waals surface area contributed by atoms with Crippen molar-refractivity contribution in [2.24, 2.45) is 0 Å². The Morgan fingerprint density at radius 3 is 2.78 bits per heavy atom. The maximum absolute atomic E-state index is 11.4. The molecule has 6 nitrogen and oxygen atoms in total. The van der Waals surface area contributed by atoms with E-state index in [1.165, 1.54) is 6.92 Å². The van der Waals surface area contributed by atoms with Crippen LogP contribution in [-0.2, 0) is 9.59 Å². The number of hydrogen-bond acceptors (Lipinski definition) is 4. The van der Waals surface area contributed by atoms with Crippen LogP contribution >= 0.6 is 0 Å². The minimum absolute atomic E-state index is 0.399. The van der Waals surface area contributed by atoms with Crippen LogP contribution in [0.4, 0.5) is 11.4 Å². The van der Waals surface area contributed by atoms with Crippen LogP contribution in [0.5, 0.6) is 5.75 Å². The summed E-state index contributed by atoms with van der Waals surface area (Å²) in [5.74, 6) is 0.0324. The lowest BCUT2D eigenvalue weighted by Gasteiger charge is -2.13. The zero-order valence-corrected chi connectivity index (χ0v) is 10.3. The van der Waals surface area contributed by atoms with E-state index in [1.807, 2.05) is 6.92 Å². The van der Waals surface area contributed by atoms with E-state index in [2.05, 4.69) is 10.6 Å². The maximum Gasteiger partial charge on any atom is 0.252 e. The topological polar surface area (TPSA) is 87.7 Å². The molecule has 6 heteroatoms. The van der Waals surface area contributed by atoms with Gasteiger partial charge in [-0.2, -0.15) is 0 Å². The molecule has 1 rings (SSSR count). The molecule has 1 unspecified atom stereocenters. The van der Waals surface area contributed by atoms with E-state index in [4.69, 9.17) is 9.84 Å². The molecule has 3 N–H and O–H groups in total. The van der Waals surface area contributed by atoms with Gasteiger partial charge in [-0.1, -0.05) is 0 Å². The summed E-state index contributed by atoms with van der Waals surface area (Å²) in [5.41, 5.74) is 0.807. The lowest BCUT2D eigenvalue weighted by Crippen LogP contribution is -2.24. The molecule has 1 aromatic rings. The first-order chi connectivity index (χ1) is 8.58. The predicted molar refractivity (Wildman–Crippen MR) is 67.6 cm³/mol. The van der Waals surface area contributed by atoms with Gasteiger partial charge in [0.1, 0.15) is 11.9 Å². The number of ether oxygens (including phenoxy) is 1. The van der Waals surface area contributed by atoms with Crippen molar-refractivity contribution in [1.82, 2.24) is 0 Å². The number of amides is 2. The maximum atomic E-state index is 11.4. The number of carbonyl (C=O) groups excluding carboxylic acids is 2. The summed E-state index contributed by atoms with van der Waals surface area (Å²) in [6, 6.07) is 4.85. The van der Waals surface area contributed by atoms with Gasteiger partial charge in [0.2, 0.25) is 6.41 Å². The molecule has 0 fully saturated rings. The number of anilines is 2. The molecule has 0 heterocycles. The number of hydrogen-bond donors (Lipinski definition) is 3. The van der Waals surface area contributed by atoms with Crippen molar-refractivity contribution in [1.29, 1.82) is 0 Å². The Balaban J connectivity index is 2.95. The number of nitrogens with one attached hydrogen (secondary N) is 2. The summed E-state index contributed by atoms with van der Waals surface area (Å²) in [6.07, 6.45) is -0.621. The van der Waals surface area contributed by atoms with Crippen molar-refractivity contribution >= 4 is 23.7 Å². The molecule has 1 aromatic carbocycles. The lowest BCUT2D eigenvalue weighted by molar-refractivity contribution is -0.123. The van der Waals surface area contributed by atoms with Gasteiger partial charge in [-0.3, -0.25) is 9.59 Å². The second-order valence-electron chi connectivity index (χ2n) is 3.57. The van der Waals surface area contributed by atoms with Gasteiger partial charge < -0.3 is 20.5 Å². The van der Waals surface area contributed by atoms with E-state index in [0.29, 0.717) is 30.1 Å². The van der Waals surface area contributed by atoms with Gasteiger partial charge in [-0.15, -0.1) is 0 Å². The minimum Gasteiger partial charge on any atom is -0.494 e. The first kappa shape index (κ1) is 14.0. The molecule has 0 spiro atoms. The summed E-state index contributed by atoms with van der Waals surface area (Å²) in [5, 5.41) is 14.1. The van der Waals surface area contributed by atoms with Crippen LogP contribution in [0.25, 0.3) is 0 Å². The van der Waals surface area contributed by atoms with Crippen LogP contribution in [0, 0.1) is 0 Å². The van der Waals surface area contributed by atoms with Crippen molar-refractivity contribution in [3.63, 3.8) is 0 Å². The average molecular weight is 252 g/mol. The van der Waals surface area contributed by atoms with Gasteiger partial charge in [0, 0.05) is 6.07 Å². The molecule has 1 atom stereocenters. The van der Waals surface area contributed by atoms with E-state index in [9.17, 15) is 9.59 Å². The second kappa shape index (κ2) is 6.61. The van der Waals surface area contributed by atoms with Gasteiger partial charge in [0.25, 0.3) is 5.91 Å². The molecular weight excluding hydrogens is 236 g/mol. The van der Waals surface area contributed by atoms with Gasteiger partial charge >= 0.3 is 0 Å². The molecule has 18 heavy (non-hydrogen) atoms. The van der Waals surface area contributed by atoms with E-state index < -0.39 is 12.0 Å². The third kappa shape index (κ3) is 3.74. The third-order valence-corrected chi connectivity index (χ3v) is 2.15. The fourth-order valence-electron chi connectivity index (χ4n) is 1.31. The van der Waals surface area contributed by atoms with Crippen LogP contribution in [0.3, 0.4) is 0 Å². The normalized spacial score (nSPS) is 11.5. The molecule has 0 aliphatic carbocycles. The lowest BCUT2D eigenvalue weighted by atomic mass is 10.2. The first-order valence-electron chi connectivity index (χ1n) is 5.54. The number of benzene rings is 1. The van der Waals surface area contributed by atoms with Crippen LogP contribution in [0.1, 0.15) is 13.8 Å². The van der Waals surface area contributed by atoms with Crippen LogP contribution in [0.2, 0.25) is 0 Å². The Labute approximate surface area is 105 Å². The molecule has 0 saturated heterocycles. The van der Waals surface area contributed by atoms with Gasteiger partial charge in [0.15, 0.2) is 0 Å². The quantitative estimate of drug-likeness (QED) is 0.658. The second-order valence-corrected chi connectivity index (χ2v) is 3.57. The largest absolute Gasteiger partial charge is 0.494 e. The molecule has 98 valence electrons. The van der Waals surface area contributed by atoms with Crippen molar-refractivity contribution in [3.8, 4) is 5.75 Å². The van der Waals surface area contributed by atoms with Gasteiger partial charge in [-0.05, 0) is 26.0 Å². The highest BCUT2D eigenvalue weighted by molar-refractivity contribution is 5.98. The molecule has 0 radical (unpaired) electrons. The monoisotopic (exact) mass is 252 g/mol. The highest BCUT2D eigenvalue weighted by atomic mass is 16.5. The summed E-state index contributed by atoms with van der Waals surface area (Å²) in [6.45, 7) is 3.70. The average Bonchev–Trinajstić information content (AvgIpc) is 2.33. The molecular formula is C12H16N2O4. The van der Waals surface area contributed by atoms with Crippen LogP contribution < -0.4 is 15.4 Å². The molecule has 2 amide bonds. The highest BCUT2D eigenvalue weighted by Gasteiger charge is 2.12. The number of aliphatic hydroxyl groups is 1. The Morgan fingerprint density at radius 1 is 1.50 bits per heavy atom. The fraction of sp³-hybridized carbons (Fsp3) is 0.333. The SMILES string of the molecule is CCOc1ccc(NC(=O)C(C)O)c(NC=O)c1. The Kier molecular flexibility index (Phi) is 5.13. The molecule has 0 saturated carbocycles.